The summed E-state index contributed by atoms with van der Waals surface area (Å²) in [6.07, 6.45) is 3.68. The van der Waals surface area contributed by atoms with Gasteiger partial charge in [-0.05, 0) is 49.8 Å². The van der Waals surface area contributed by atoms with Crippen molar-refractivity contribution in [3.8, 4) is 0 Å². The lowest BCUT2D eigenvalue weighted by Crippen LogP contribution is -2.53. The summed E-state index contributed by atoms with van der Waals surface area (Å²) < 4.78 is 27.3. The van der Waals surface area contributed by atoms with Gasteiger partial charge >= 0.3 is 6.03 Å². The zero-order valence-corrected chi connectivity index (χ0v) is 19.4. The number of piperazine rings is 1. The molecule has 10 heteroatoms. The van der Waals surface area contributed by atoms with E-state index in [1.807, 2.05) is 12.1 Å². The van der Waals surface area contributed by atoms with E-state index in [0.717, 1.165) is 36.1 Å². The molecule has 0 radical (unpaired) electrons. The van der Waals surface area contributed by atoms with E-state index in [4.69, 9.17) is 0 Å². The number of sulfonamides is 1. The molecular weight excluding hydrogens is 432 g/mol. The summed E-state index contributed by atoms with van der Waals surface area (Å²) >= 11 is 0. The Balaban J connectivity index is 1.34. The first-order chi connectivity index (χ1) is 15.2. The second-order valence-corrected chi connectivity index (χ2v) is 10.9. The molecule has 2 aliphatic heterocycles. The fraction of sp³-hybridized carbons (Fsp3) is 0.591. The highest BCUT2D eigenvalue weighted by Gasteiger charge is 2.56. The molecule has 1 aromatic carbocycles. The summed E-state index contributed by atoms with van der Waals surface area (Å²) in [6, 6.07) is 6.40. The number of urea groups is 1. The largest absolute Gasteiger partial charge is 0.338 e. The summed E-state index contributed by atoms with van der Waals surface area (Å²) in [5.41, 5.74) is 0.178. The molecule has 1 aliphatic carbocycles. The van der Waals surface area contributed by atoms with Gasteiger partial charge in [0.15, 0.2) is 0 Å². The molecule has 1 aromatic rings. The van der Waals surface area contributed by atoms with Crippen LogP contribution in [0.1, 0.15) is 38.7 Å². The summed E-state index contributed by atoms with van der Waals surface area (Å²) in [5, 5.41) is 2.74. The molecule has 174 valence electrons. The van der Waals surface area contributed by atoms with E-state index in [2.05, 4.69) is 12.2 Å². The molecule has 2 saturated heterocycles. The third-order valence-corrected chi connectivity index (χ3v) is 8.59. The topological polar surface area (TPSA) is 107 Å². The molecule has 0 spiro atoms. The molecule has 4 rings (SSSR count). The van der Waals surface area contributed by atoms with Crippen LogP contribution in [0.5, 0.6) is 0 Å². The highest BCUT2D eigenvalue weighted by atomic mass is 32.2. The van der Waals surface area contributed by atoms with Crippen LogP contribution < -0.4 is 5.32 Å². The Morgan fingerprint density at radius 3 is 2.28 bits per heavy atom. The molecule has 1 atom stereocenters. The second kappa shape index (κ2) is 8.47. The lowest BCUT2D eigenvalue weighted by molar-refractivity contribution is -0.139. The van der Waals surface area contributed by atoms with Gasteiger partial charge in [-0.25, -0.2) is 13.2 Å². The molecule has 0 unspecified atom stereocenters. The van der Waals surface area contributed by atoms with Gasteiger partial charge in [0.1, 0.15) is 12.1 Å². The average Bonchev–Trinajstić information content (AvgIpc) is 3.60. The molecule has 4 amide bonds. The molecule has 1 N–H and O–H groups in total. The van der Waals surface area contributed by atoms with Crippen molar-refractivity contribution in [3.05, 3.63) is 29.8 Å². The van der Waals surface area contributed by atoms with Crippen molar-refractivity contribution in [2.45, 2.75) is 50.0 Å². The minimum atomic E-state index is -3.63. The van der Waals surface area contributed by atoms with Crippen molar-refractivity contribution in [2.75, 3.05) is 32.7 Å². The van der Waals surface area contributed by atoms with Gasteiger partial charge in [0.2, 0.25) is 15.9 Å². The van der Waals surface area contributed by atoms with Gasteiger partial charge in [0.05, 0.1) is 4.90 Å². The van der Waals surface area contributed by atoms with Crippen molar-refractivity contribution >= 4 is 27.9 Å². The average molecular weight is 463 g/mol. The standard InChI is InChI=1S/C22H30N4O5S/c1-3-4-16-5-9-18(10-6-16)32(30,31)25-13-11-24(12-14-25)19(27)15-26-20(28)22(2,17-7-8-17)23-21(26)29/h5-6,9-10,17H,3-4,7-8,11-15H2,1-2H3,(H,23,29)/t22-/m0/s1. The zero-order chi connectivity index (χ0) is 23.1. The van der Waals surface area contributed by atoms with Crippen molar-refractivity contribution < 1.29 is 22.8 Å². The molecule has 1 saturated carbocycles. The molecule has 3 fully saturated rings. The van der Waals surface area contributed by atoms with Crippen LogP contribution in [0.2, 0.25) is 0 Å². The molecule has 2 heterocycles. The highest BCUT2D eigenvalue weighted by molar-refractivity contribution is 7.89. The van der Waals surface area contributed by atoms with E-state index in [9.17, 15) is 22.8 Å². The van der Waals surface area contributed by atoms with Gasteiger partial charge < -0.3 is 10.2 Å². The van der Waals surface area contributed by atoms with Crippen molar-refractivity contribution in [1.29, 1.82) is 0 Å². The number of benzene rings is 1. The molecular formula is C22H30N4O5S. The first-order valence-electron chi connectivity index (χ1n) is 11.2. The number of nitrogens with one attached hydrogen (secondary N) is 1. The monoisotopic (exact) mass is 462 g/mol. The summed E-state index contributed by atoms with van der Waals surface area (Å²) in [7, 11) is -3.63. The van der Waals surface area contributed by atoms with E-state index in [0.29, 0.717) is 0 Å². The van der Waals surface area contributed by atoms with Crippen molar-refractivity contribution in [1.82, 2.24) is 19.4 Å². The van der Waals surface area contributed by atoms with Crippen LogP contribution in [0.25, 0.3) is 0 Å². The lowest BCUT2D eigenvalue weighted by atomic mass is 9.96. The van der Waals surface area contributed by atoms with Crippen LogP contribution in [-0.2, 0) is 26.0 Å². The van der Waals surface area contributed by atoms with Crippen molar-refractivity contribution in [3.63, 3.8) is 0 Å². The predicted octanol–water partition coefficient (Wildman–Crippen LogP) is 1.19. The number of imide groups is 1. The molecule has 3 aliphatic rings. The SMILES string of the molecule is CCCc1ccc(S(=O)(=O)N2CCN(C(=O)CN3C(=O)N[C@@](C)(C4CC4)C3=O)CC2)cc1. The van der Waals surface area contributed by atoms with Crippen LogP contribution >= 0.6 is 0 Å². The van der Waals surface area contributed by atoms with Crippen LogP contribution in [0.4, 0.5) is 4.79 Å². The van der Waals surface area contributed by atoms with Gasteiger partial charge in [0, 0.05) is 26.2 Å². The number of rotatable bonds is 7. The number of hydrogen-bond donors (Lipinski definition) is 1. The van der Waals surface area contributed by atoms with Gasteiger partial charge in [-0.2, -0.15) is 4.31 Å². The molecule has 0 aromatic heterocycles. The summed E-state index contributed by atoms with van der Waals surface area (Å²) in [4.78, 5) is 40.5. The summed E-state index contributed by atoms with van der Waals surface area (Å²) in [5.74, 6) is -0.579. The third kappa shape index (κ3) is 4.13. The third-order valence-electron chi connectivity index (χ3n) is 6.68. The van der Waals surface area contributed by atoms with Gasteiger partial charge in [-0.3, -0.25) is 14.5 Å². The highest BCUT2D eigenvalue weighted by Crippen LogP contribution is 2.42. The van der Waals surface area contributed by atoms with Gasteiger partial charge in [-0.1, -0.05) is 25.5 Å². The first-order valence-corrected chi connectivity index (χ1v) is 12.6. The zero-order valence-electron chi connectivity index (χ0n) is 18.5. The molecule has 32 heavy (non-hydrogen) atoms. The van der Waals surface area contributed by atoms with Crippen molar-refractivity contribution in [2.24, 2.45) is 5.92 Å². The summed E-state index contributed by atoms with van der Waals surface area (Å²) in [6.45, 7) is 4.25. The quantitative estimate of drug-likeness (QED) is 0.613. The fourth-order valence-corrected chi connectivity index (χ4v) is 5.90. The molecule has 9 nitrogen and oxygen atoms in total. The fourth-order valence-electron chi connectivity index (χ4n) is 4.48. The maximum Gasteiger partial charge on any atom is 0.325 e. The number of amides is 4. The van der Waals surface area contributed by atoms with E-state index in [1.165, 1.54) is 9.21 Å². The Bertz CT molecular complexity index is 1010. The predicted molar refractivity (Wildman–Crippen MR) is 117 cm³/mol. The number of nitrogens with zero attached hydrogens (tertiary/aromatic N) is 3. The lowest BCUT2D eigenvalue weighted by Gasteiger charge is -2.34. The van der Waals surface area contributed by atoms with Crippen LogP contribution in [-0.4, -0.2) is 78.6 Å². The van der Waals surface area contributed by atoms with Gasteiger partial charge in [-0.15, -0.1) is 0 Å². The van der Waals surface area contributed by atoms with Gasteiger partial charge in [0.25, 0.3) is 5.91 Å². The first kappa shape index (κ1) is 22.7. The van der Waals surface area contributed by atoms with Crippen LogP contribution in [0.15, 0.2) is 29.2 Å². The number of carbonyl (C=O) groups is 3. The Morgan fingerprint density at radius 2 is 1.72 bits per heavy atom. The minimum Gasteiger partial charge on any atom is -0.338 e. The number of aryl methyl sites for hydroxylation is 1. The van der Waals surface area contributed by atoms with Crippen LogP contribution in [0.3, 0.4) is 0 Å². The Morgan fingerprint density at radius 1 is 1.09 bits per heavy atom. The van der Waals surface area contributed by atoms with E-state index >= 15 is 0 Å². The minimum absolute atomic E-state index is 0.129. The number of carbonyl (C=O) groups excluding carboxylic acids is 3. The smallest absolute Gasteiger partial charge is 0.325 e. The Hall–Kier alpha value is -2.46. The maximum atomic E-state index is 13.0. The van der Waals surface area contributed by atoms with E-state index in [1.54, 1.807) is 19.1 Å². The second-order valence-electron chi connectivity index (χ2n) is 8.98. The van der Waals surface area contributed by atoms with E-state index in [-0.39, 0.29) is 55.4 Å². The van der Waals surface area contributed by atoms with Crippen LogP contribution in [0, 0.1) is 5.92 Å². The number of hydrogen-bond acceptors (Lipinski definition) is 5. The normalized spacial score (nSPS) is 24.7. The maximum absolute atomic E-state index is 13.0. The Kier molecular flexibility index (Phi) is 6.02. The van der Waals surface area contributed by atoms with E-state index < -0.39 is 21.6 Å². The Labute approximate surface area is 188 Å². The molecule has 0 bridgehead atoms.